The lowest BCUT2D eigenvalue weighted by atomic mass is 10.0. The third-order valence-corrected chi connectivity index (χ3v) is 5.72. The Morgan fingerprint density at radius 3 is 2.31 bits per heavy atom. The number of allylic oxidation sites excluding steroid dienone is 1. The largest absolute Gasteiger partial charge is 0.460 e. The number of aromatic nitrogens is 2. The highest BCUT2D eigenvalue weighted by atomic mass is 16.5. The Bertz CT molecular complexity index is 1280. The molecule has 0 aliphatic heterocycles. The molecular weight excluding hydrogens is 438 g/mol. The molecule has 1 aromatic heterocycles. The molecular formula is C29H29N3O3. The Kier molecular flexibility index (Phi) is 7.53. The highest BCUT2D eigenvalue weighted by Crippen LogP contribution is 2.25. The first-order valence-electron chi connectivity index (χ1n) is 11.5. The van der Waals surface area contributed by atoms with Gasteiger partial charge in [0.2, 0.25) is 11.8 Å². The molecule has 1 atom stereocenters. The lowest BCUT2D eigenvalue weighted by molar-refractivity contribution is 0.0341. The monoisotopic (exact) mass is 467 g/mol. The molecule has 3 aromatic carbocycles. The second-order valence-corrected chi connectivity index (χ2v) is 8.76. The maximum atomic E-state index is 12.6. The minimum Gasteiger partial charge on any atom is -0.460 e. The summed E-state index contributed by atoms with van der Waals surface area (Å²) in [5.74, 6) is 0.358. The van der Waals surface area contributed by atoms with Gasteiger partial charge in [-0.15, -0.1) is 10.2 Å². The summed E-state index contributed by atoms with van der Waals surface area (Å²) in [6.07, 6.45) is 1.99. The molecule has 1 heterocycles. The zero-order valence-corrected chi connectivity index (χ0v) is 20.2. The normalized spacial score (nSPS) is 13.3. The molecule has 4 aromatic rings. The van der Waals surface area contributed by atoms with Crippen LogP contribution in [-0.4, -0.2) is 22.8 Å². The lowest BCUT2D eigenvalue weighted by Gasteiger charge is -2.27. The quantitative estimate of drug-likeness (QED) is 0.314. The van der Waals surface area contributed by atoms with Crippen molar-refractivity contribution >= 4 is 17.6 Å². The Balaban J connectivity index is 1.56. The Hall–Kier alpha value is -4.03. The number of nitrogens with zero attached hydrogens (tertiary/aromatic N) is 2. The summed E-state index contributed by atoms with van der Waals surface area (Å²) < 4.78 is 11.8. The van der Waals surface area contributed by atoms with Gasteiger partial charge in [0.15, 0.2) is 0 Å². The van der Waals surface area contributed by atoms with Gasteiger partial charge in [0.05, 0.1) is 5.56 Å². The maximum Gasteiger partial charge on any atom is 0.338 e. The molecule has 0 aliphatic rings. The highest BCUT2D eigenvalue weighted by Gasteiger charge is 2.34. The van der Waals surface area contributed by atoms with Gasteiger partial charge in [0.1, 0.15) is 12.1 Å². The number of hydrogen-bond acceptors (Lipinski definition) is 6. The number of rotatable bonds is 9. The molecule has 0 saturated heterocycles. The zero-order valence-electron chi connectivity index (χ0n) is 20.2. The van der Waals surface area contributed by atoms with Gasteiger partial charge in [-0.05, 0) is 50.1 Å². The SMILES string of the molecule is C/C(=C\c1ccccc1)c1nnc(C(C)(COC(=O)c2ccccc2)NCc2ccc(C)cc2)o1. The van der Waals surface area contributed by atoms with Crippen molar-refractivity contribution in [2.45, 2.75) is 32.9 Å². The molecule has 178 valence electrons. The summed E-state index contributed by atoms with van der Waals surface area (Å²) in [7, 11) is 0. The third kappa shape index (κ3) is 6.31. The van der Waals surface area contributed by atoms with Crippen molar-refractivity contribution in [3.8, 4) is 0 Å². The molecule has 0 radical (unpaired) electrons. The van der Waals surface area contributed by atoms with E-state index in [1.54, 1.807) is 24.3 Å². The van der Waals surface area contributed by atoms with E-state index in [9.17, 15) is 4.79 Å². The van der Waals surface area contributed by atoms with Crippen molar-refractivity contribution in [3.05, 3.63) is 119 Å². The van der Waals surface area contributed by atoms with Crippen LogP contribution < -0.4 is 5.32 Å². The lowest BCUT2D eigenvalue weighted by Crippen LogP contribution is -2.44. The molecule has 1 N–H and O–H groups in total. The molecule has 4 rings (SSSR count). The maximum absolute atomic E-state index is 12.6. The van der Waals surface area contributed by atoms with Crippen LogP contribution in [-0.2, 0) is 16.8 Å². The van der Waals surface area contributed by atoms with Crippen LogP contribution in [0.25, 0.3) is 11.6 Å². The predicted molar refractivity (Wildman–Crippen MR) is 136 cm³/mol. The number of esters is 1. The average molecular weight is 468 g/mol. The molecule has 6 nitrogen and oxygen atoms in total. The van der Waals surface area contributed by atoms with Gasteiger partial charge in [-0.2, -0.15) is 0 Å². The minimum absolute atomic E-state index is 0.0235. The molecule has 35 heavy (non-hydrogen) atoms. The summed E-state index contributed by atoms with van der Waals surface area (Å²) in [6.45, 7) is 6.44. The minimum atomic E-state index is -0.895. The first-order valence-corrected chi connectivity index (χ1v) is 11.5. The summed E-state index contributed by atoms with van der Waals surface area (Å²) in [5, 5.41) is 12.0. The number of benzene rings is 3. The fraction of sp³-hybridized carbons (Fsp3) is 0.207. The first-order chi connectivity index (χ1) is 16.9. The Morgan fingerprint density at radius 1 is 0.971 bits per heavy atom. The van der Waals surface area contributed by atoms with Crippen LogP contribution in [0.1, 0.15) is 52.7 Å². The average Bonchev–Trinajstić information content (AvgIpc) is 3.40. The standard InChI is InChI=1S/C29H29N3O3/c1-21-14-16-24(17-15-21)19-30-29(3,20-34-27(33)25-12-8-5-9-13-25)28-32-31-26(35-28)22(2)18-23-10-6-4-7-11-23/h4-18,30H,19-20H2,1-3H3/b22-18+. The van der Waals surface area contributed by atoms with Crippen molar-refractivity contribution in [1.29, 1.82) is 0 Å². The van der Waals surface area contributed by atoms with Gasteiger partial charge >= 0.3 is 5.97 Å². The fourth-order valence-corrected chi connectivity index (χ4v) is 3.53. The zero-order chi connectivity index (χ0) is 24.7. The van der Waals surface area contributed by atoms with E-state index < -0.39 is 11.5 Å². The van der Waals surface area contributed by atoms with Crippen molar-refractivity contribution in [1.82, 2.24) is 15.5 Å². The molecule has 6 heteroatoms. The Morgan fingerprint density at radius 2 is 1.63 bits per heavy atom. The van der Waals surface area contributed by atoms with Gasteiger partial charge in [-0.25, -0.2) is 4.79 Å². The molecule has 0 fully saturated rings. The summed E-state index contributed by atoms with van der Waals surface area (Å²) in [4.78, 5) is 12.6. The predicted octanol–water partition coefficient (Wildman–Crippen LogP) is 5.80. The van der Waals surface area contributed by atoms with Gasteiger partial charge in [-0.1, -0.05) is 78.4 Å². The molecule has 0 bridgehead atoms. The van der Waals surface area contributed by atoms with Gasteiger partial charge in [0.25, 0.3) is 0 Å². The third-order valence-electron chi connectivity index (χ3n) is 5.72. The van der Waals surface area contributed by atoms with E-state index in [0.29, 0.717) is 23.9 Å². The smallest absolute Gasteiger partial charge is 0.338 e. The number of carbonyl (C=O) groups excluding carboxylic acids is 1. The van der Waals surface area contributed by atoms with Gasteiger partial charge in [0, 0.05) is 12.1 Å². The van der Waals surface area contributed by atoms with Crippen molar-refractivity contribution in [2.75, 3.05) is 6.61 Å². The number of ether oxygens (including phenoxy) is 1. The van der Waals surface area contributed by atoms with Crippen LogP contribution in [0.15, 0.2) is 89.3 Å². The van der Waals surface area contributed by atoms with Crippen LogP contribution >= 0.6 is 0 Å². The molecule has 1 unspecified atom stereocenters. The molecule has 0 saturated carbocycles. The van der Waals surface area contributed by atoms with Crippen LogP contribution in [0.3, 0.4) is 0 Å². The summed E-state index contributed by atoms with van der Waals surface area (Å²) >= 11 is 0. The van der Waals surface area contributed by atoms with Gasteiger partial charge in [-0.3, -0.25) is 5.32 Å². The molecule has 0 spiro atoms. The highest BCUT2D eigenvalue weighted by molar-refractivity contribution is 5.89. The first kappa shape index (κ1) is 24.1. The van der Waals surface area contributed by atoms with E-state index >= 15 is 0 Å². The van der Waals surface area contributed by atoms with E-state index in [-0.39, 0.29) is 6.61 Å². The van der Waals surface area contributed by atoms with E-state index in [2.05, 4.69) is 46.7 Å². The topological polar surface area (TPSA) is 77.2 Å². The van der Waals surface area contributed by atoms with Crippen molar-refractivity contribution < 1.29 is 13.9 Å². The number of carbonyl (C=O) groups is 1. The second-order valence-electron chi connectivity index (χ2n) is 8.76. The second kappa shape index (κ2) is 10.9. The number of nitrogens with one attached hydrogen (secondary N) is 1. The number of hydrogen-bond donors (Lipinski definition) is 1. The van der Waals surface area contributed by atoms with Gasteiger partial charge < -0.3 is 9.15 Å². The molecule has 0 aliphatic carbocycles. The van der Waals surface area contributed by atoms with Crippen molar-refractivity contribution in [3.63, 3.8) is 0 Å². The summed E-state index contributed by atoms with van der Waals surface area (Å²) in [6, 6.07) is 27.1. The van der Waals surface area contributed by atoms with E-state index in [0.717, 1.165) is 16.7 Å². The molecule has 0 amide bonds. The summed E-state index contributed by atoms with van der Waals surface area (Å²) in [5.41, 5.74) is 3.76. The van der Waals surface area contributed by atoms with Crippen LogP contribution in [0.4, 0.5) is 0 Å². The van der Waals surface area contributed by atoms with E-state index in [1.165, 1.54) is 5.56 Å². The van der Waals surface area contributed by atoms with Crippen LogP contribution in [0.2, 0.25) is 0 Å². The Labute approximate surface area is 205 Å². The van der Waals surface area contributed by atoms with Crippen molar-refractivity contribution in [2.24, 2.45) is 0 Å². The van der Waals surface area contributed by atoms with E-state index in [1.807, 2.05) is 56.3 Å². The fourth-order valence-electron chi connectivity index (χ4n) is 3.53. The van der Waals surface area contributed by atoms with Crippen LogP contribution in [0.5, 0.6) is 0 Å². The number of aryl methyl sites for hydroxylation is 1. The van der Waals surface area contributed by atoms with Crippen LogP contribution in [0, 0.1) is 6.92 Å². The van der Waals surface area contributed by atoms with E-state index in [4.69, 9.17) is 9.15 Å².